The molecule has 0 atom stereocenters. The third-order valence-electron chi connectivity index (χ3n) is 7.45. The van der Waals surface area contributed by atoms with Crippen LogP contribution in [0.5, 0.6) is 0 Å². The Morgan fingerprint density at radius 2 is 2.03 bits per heavy atom. The van der Waals surface area contributed by atoms with E-state index in [4.69, 9.17) is 4.98 Å². The number of aromatic nitrogens is 5. The Bertz CT molecular complexity index is 1540. The molecular weight excluding hydrogens is 438 g/mol. The predicted molar refractivity (Wildman–Crippen MR) is 138 cm³/mol. The minimum absolute atomic E-state index is 0.168. The van der Waals surface area contributed by atoms with E-state index in [0.29, 0.717) is 29.3 Å². The average molecular weight is 468 g/mol. The molecule has 3 aromatic heterocycles. The van der Waals surface area contributed by atoms with Crippen LogP contribution < -0.4 is 10.9 Å². The van der Waals surface area contributed by atoms with Gasteiger partial charge in [0.1, 0.15) is 5.39 Å². The van der Waals surface area contributed by atoms with Gasteiger partial charge in [-0.25, -0.2) is 19.3 Å². The largest absolute Gasteiger partial charge is 0.324 e. The van der Waals surface area contributed by atoms with E-state index >= 15 is 0 Å². The van der Waals surface area contributed by atoms with Crippen molar-refractivity contribution in [3.8, 4) is 5.82 Å². The highest BCUT2D eigenvalue weighted by Crippen LogP contribution is 2.54. The Morgan fingerprint density at radius 1 is 1.20 bits per heavy atom. The van der Waals surface area contributed by atoms with Gasteiger partial charge in [-0.15, -0.1) is 6.58 Å². The molecule has 0 amide bonds. The average Bonchev–Trinajstić information content (AvgIpc) is 3.58. The van der Waals surface area contributed by atoms with Gasteiger partial charge in [-0.2, -0.15) is 4.98 Å². The van der Waals surface area contributed by atoms with Crippen LogP contribution >= 0.6 is 0 Å². The van der Waals surface area contributed by atoms with E-state index < -0.39 is 0 Å². The lowest BCUT2D eigenvalue weighted by Gasteiger charge is -2.36. The fraction of sp³-hybridized carbons (Fsp3) is 0.333. The fourth-order valence-electron chi connectivity index (χ4n) is 5.49. The van der Waals surface area contributed by atoms with Gasteiger partial charge >= 0.3 is 0 Å². The first-order valence-corrected chi connectivity index (χ1v) is 12.1. The molecule has 1 N–H and O–H groups in total. The van der Waals surface area contributed by atoms with E-state index in [2.05, 4.69) is 52.9 Å². The molecule has 1 spiro atoms. The van der Waals surface area contributed by atoms with E-state index in [-0.39, 0.29) is 11.1 Å². The molecule has 0 saturated heterocycles. The maximum atomic E-state index is 13.1. The number of hydrogen-bond donors (Lipinski definition) is 1. The monoisotopic (exact) mass is 467 g/mol. The van der Waals surface area contributed by atoms with Crippen LogP contribution in [0.3, 0.4) is 0 Å². The zero-order valence-corrected chi connectivity index (χ0v) is 20.4. The molecule has 35 heavy (non-hydrogen) atoms. The van der Waals surface area contributed by atoms with Crippen molar-refractivity contribution >= 4 is 22.7 Å². The predicted octanol–water partition coefficient (Wildman–Crippen LogP) is 4.00. The van der Waals surface area contributed by atoms with Gasteiger partial charge < -0.3 is 5.32 Å². The van der Waals surface area contributed by atoms with Crippen LogP contribution in [0, 0.1) is 13.8 Å². The van der Waals surface area contributed by atoms with Crippen molar-refractivity contribution in [3.05, 3.63) is 81.9 Å². The van der Waals surface area contributed by atoms with E-state index in [9.17, 15) is 4.79 Å². The first-order chi connectivity index (χ1) is 16.9. The molecule has 1 aliphatic carbocycles. The molecule has 2 aliphatic rings. The number of fused-ring (bicyclic) bond motifs is 3. The van der Waals surface area contributed by atoms with Gasteiger partial charge in [-0.1, -0.05) is 12.1 Å². The summed E-state index contributed by atoms with van der Waals surface area (Å²) in [6.07, 6.45) is 6.78. The highest BCUT2D eigenvalue weighted by molar-refractivity contribution is 5.77. The van der Waals surface area contributed by atoms with Crippen molar-refractivity contribution in [3.63, 3.8) is 0 Å². The number of aryl methyl sites for hydroxylation is 2. The number of rotatable bonds is 5. The minimum Gasteiger partial charge on any atom is -0.324 e. The molecule has 0 radical (unpaired) electrons. The second-order valence-corrected chi connectivity index (χ2v) is 9.70. The first-order valence-electron chi connectivity index (χ1n) is 12.1. The van der Waals surface area contributed by atoms with Gasteiger partial charge in [0.15, 0.2) is 11.5 Å². The van der Waals surface area contributed by atoms with Crippen LogP contribution in [0.2, 0.25) is 0 Å². The number of pyridine rings is 1. The van der Waals surface area contributed by atoms with Crippen molar-refractivity contribution in [2.24, 2.45) is 0 Å². The molecule has 0 unspecified atom stereocenters. The Labute approximate surface area is 203 Å². The van der Waals surface area contributed by atoms with Crippen LogP contribution in [0.4, 0.5) is 11.6 Å². The number of benzene rings is 1. The molecule has 178 valence electrons. The molecule has 1 aromatic carbocycles. The summed E-state index contributed by atoms with van der Waals surface area (Å²) >= 11 is 0. The smallest absolute Gasteiger partial charge is 0.278 e. The number of anilines is 2. The standard InChI is InChI=1S/C27H29N7O/c1-5-12-33-25(35)21-16-28-26(31-24(21)34(33)23-8-6-7-18(3)29-23)30-19-14-17(2)20-9-13-32(4)27(10-11-27)22(20)15-19/h5-8,14-16H,1,9-13H2,2-4H3,(H,28,30,31). The topological polar surface area (TPSA) is 80.9 Å². The Morgan fingerprint density at radius 3 is 2.77 bits per heavy atom. The van der Waals surface area contributed by atoms with Crippen LogP contribution in [0.15, 0.2) is 54.0 Å². The number of allylic oxidation sites excluding steroid dienone is 1. The summed E-state index contributed by atoms with van der Waals surface area (Å²) in [5, 5.41) is 3.86. The van der Waals surface area contributed by atoms with Crippen LogP contribution in [0.1, 0.15) is 35.2 Å². The number of nitrogens with zero attached hydrogens (tertiary/aromatic N) is 6. The quantitative estimate of drug-likeness (QED) is 0.447. The molecule has 4 heterocycles. The number of nitrogens with one attached hydrogen (secondary N) is 1. The minimum atomic E-state index is -0.168. The van der Waals surface area contributed by atoms with Gasteiger partial charge in [-0.3, -0.25) is 9.69 Å². The van der Waals surface area contributed by atoms with E-state index in [1.54, 1.807) is 21.6 Å². The summed E-state index contributed by atoms with van der Waals surface area (Å²) < 4.78 is 3.35. The number of likely N-dealkylation sites (N-methyl/N-ethyl adjacent to an activating group) is 1. The molecule has 1 saturated carbocycles. The van der Waals surface area contributed by atoms with Crippen LogP contribution in [-0.2, 0) is 18.5 Å². The summed E-state index contributed by atoms with van der Waals surface area (Å²) in [6, 6.07) is 10.2. The molecular formula is C27H29N7O. The van der Waals surface area contributed by atoms with Gasteiger partial charge in [0, 0.05) is 29.7 Å². The molecule has 8 nitrogen and oxygen atoms in total. The van der Waals surface area contributed by atoms with Crippen molar-refractivity contribution in [2.75, 3.05) is 18.9 Å². The van der Waals surface area contributed by atoms with Crippen LogP contribution in [-0.4, -0.2) is 42.8 Å². The van der Waals surface area contributed by atoms with E-state index in [0.717, 1.165) is 24.3 Å². The van der Waals surface area contributed by atoms with Crippen molar-refractivity contribution in [2.45, 2.75) is 45.2 Å². The Kier molecular flexibility index (Phi) is 4.89. The lowest BCUT2D eigenvalue weighted by Crippen LogP contribution is -2.38. The van der Waals surface area contributed by atoms with E-state index in [1.807, 2.05) is 25.1 Å². The third-order valence-corrected chi connectivity index (χ3v) is 7.45. The summed E-state index contributed by atoms with van der Waals surface area (Å²) in [7, 11) is 2.23. The van der Waals surface area contributed by atoms with Gasteiger partial charge in [-0.05, 0) is 81.1 Å². The van der Waals surface area contributed by atoms with Crippen molar-refractivity contribution in [1.29, 1.82) is 0 Å². The molecule has 8 heteroatoms. The second-order valence-electron chi connectivity index (χ2n) is 9.70. The maximum Gasteiger partial charge on any atom is 0.278 e. The summed E-state index contributed by atoms with van der Waals surface area (Å²) in [4.78, 5) is 29.6. The Hall–Kier alpha value is -3.78. The normalized spacial score (nSPS) is 16.4. The molecule has 1 aliphatic heterocycles. The SMILES string of the molecule is C=CCn1c(=O)c2cnc(Nc3cc(C)c4c(c3)C3(CC3)N(C)CC4)nc2n1-c1cccc(C)n1. The summed E-state index contributed by atoms with van der Waals surface area (Å²) in [6.45, 7) is 9.37. The van der Waals surface area contributed by atoms with Gasteiger partial charge in [0.25, 0.3) is 5.56 Å². The lowest BCUT2D eigenvalue weighted by molar-refractivity contribution is 0.208. The number of hydrogen-bond acceptors (Lipinski definition) is 6. The highest BCUT2D eigenvalue weighted by Gasteiger charge is 2.51. The Balaban J connectivity index is 1.46. The second kappa shape index (κ2) is 7.88. The fourth-order valence-corrected chi connectivity index (χ4v) is 5.49. The third kappa shape index (κ3) is 3.39. The van der Waals surface area contributed by atoms with Crippen molar-refractivity contribution < 1.29 is 0 Å². The van der Waals surface area contributed by atoms with Gasteiger partial charge in [0.05, 0.1) is 6.54 Å². The highest BCUT2D eigenvalue weighted by atomic mass is 16.1. The zero-order valence-electron chi connectivity index (χ0n) is 20.4. The van der Waals surface area contributed by atoms with Gasteiger partial charge in [0.2, 0.25) is 5.95 Å². The first kappa shape index (κ1) is 21.7. The molecule has 1 fully saturated rings. The maximum absolute atomic E-state index is 13.1. The molecule has 0 bridgehead atoms. The zero-order chi connectivity index (χ0) is 24.3. The summed E-state index contributed by atoms with van der Waals surface area (Å²) in [5.41, 5.74) is 6.55. The van der Waals surface area contributed by atoms with Crippen LogP contribution in [0.25, 0.3) is 16.9 Å². The van der Waals surface area contributed by atoms with Crippen molar-refractivity contribution in [1.82, 2.24) is 29.2 Å². The lowest BCUT2D eigenvalue weighted by atomic mass is 9.87. The summed E-state index contributed by atoms with van der Waals surface area (Å²) in [5.74, 6) is 1.08. The molecule has 6 rings (SSSR count). The molecule has 4 aromatic rings. The van der Waals surface area contributed by atoms with E-state index in [1.165, 1.54) is 29.5 Å².